The molecule has 0 spiro atoms. The zero-order valence-corrected chi connectivity index (χ0v) is 15.8. The maximum Gasteiger partial charge on any atom is 0.196 e. The van der Waals surface area contributed by atoms with E-state index in [4.69, 9.17) is 0 Å². The van der Waals surface area contributed by atoms with Crippen molar-refractivity contribution in [1.82, 2.24) is 14.8 Å². The normalized spacial score (nSPS) is 13.8. The topological polar surface area (TPSA) is 47.8 Å². The van der Waals surface area contributed by atoms with Gasteiger partial charge < -0.3 is 0 Å². The van der Waals surface area contributed by atoms with Crippen LogP contribution in [-0.4, -0.2) is 26.3 Å². The van der Waals surface area contributed by atoms with E-state index in [1.807, 2.05) is 44.2 Å². The van der Waals surface area contributed by atoms with Crippen molar-refractivity contribution < 1.29 is 4.79 Å². The summed E-state index contributed by atoms with van der Waals surface area (Å²) in [7, 11) is 0. The Bertz CT molecular complexity index is 945. The maximum absolute atomic E-state index is 12.7. The SMILES string of the molecule is Cc1ccc(C(=O)CSc2nnc(C3CC3)n2-c2ccccc2)c(C)c1. The van der Waals surface area contributed by atoms with Gasteiger partial charge in [-0.05, 0) is 44.4 Å². The highest BCUT2D eigenvalue weighted by atomic mass is 32.2. The van der Waals surface area contributed by atoms with Crippen molar-refractivity contribution in [2.75, 3.05) is 5.75 Å². The van der Waals surface area contributed by atoms with Gasteiger partial charge in [-0.3, -0.25) is 9.36 Å². The highest BCUT2D eigenvalue weighted by molar-refractivity contribution is 7.99. The van der Waals surface area contributed by atoms with E-state index in [1.54, 1.807) is 0 Å². The number of benzene rings is 2. The molecule has 2 aromatic carbocycles. The number of rotatable bonds is 6. The summed E-state index contributed by atoms with van der Waals surface area (Å²) < 4.78 is 2.11. The van der Waals surface area contributed by atoms with Crippen molar-refractivity contribution in [3.63, 3.8) is 0 Å². The molecule has 0 N–H and O–H groups in total. The van der Waals surface area contributed by atoms with Gasteiger partial charge >= 0.3 is 0 Å². The molecule has 4 rings (SSSR count). The van der Waals surface area contributed by atoms with Crippen LogP contribution in [0.2, 0.25) is 0 Å². The number of Topliss-reactive ketones (excluding diaryl/α,β-unsaturated/α-hetero) is 1. The molecular weight excluding hydrogens is 342 g/mol. The van der Waals surface area contributed by atoms with Gasteiger partial charge in [-0.15, -0.1) is 10.2 Å². The Morgan fingerprint density at radius 1 is 1.12 bits per heavy atom. The smallest absolute Gasteiger partial charge is 0.196 e. The number of thioether (sulfide) groups is 1. The quantitative estimate of drug-likeness (QED) is 0.469. The second-order valence-corrected chi connectivity index (χ2v) is 7.76. The lowest BCUT2D eigenvalue weighted by molar-refractivity contribution is 0.102. The molecule has 1 aliphatic carbocycles. The predicted octanol–water partition coefficient (Wildman–Crippen LogP) is 4.74. The molecule has 3 aromatic rings. The summed E-state index contributed by atoms with van der Waals surface area (Å²) in [5.74, 6) is 1.99. The summed E-state index contributed by atoms with van der Waals surface area (Å²) in [4.78, 5) is 12.7. The first-order valence-electron chi connectivity index (χ1n) is 8.87. The first-order chi connectivity index (χ1) is 12.6. The monoisotopic (exact) mass is 363 g/mol. The molecule has 132 valence electrons. The number of ketones is 1. The Labute approximate surface area is 157 Å². The molecule has 0 radical (unpaired) electrons. The minimum atomic E-state index is 0.128. The third kappa shape index (κ3) is 3.44. The van der Waals surface area contributed by atoms with Crippen LogP contribution in [0.15, 0.2) is 53.7 Å². The van der Waals surface area contributed by atoms with Gasteiger partial charge in [0.2, 0.25) is 0 Å². The van der Waals surface area contributed by atoms with Crippen LogP contribution in [0, 0.1) is 13.8 Å². The Hall–Kier alpha value is -2.40. The van der Waals surface area contributed by atoms with Crippen molar-refractivity contribution in [2.24, 2.45) is 0 Å². The Morgan fingerprint density at radius 3 is 2.58 bits per heavy atom. The number of nitrogens with zero attached hydrogens (tertiary/aromatic N) is 3. The van der Waals surface area contributed by atoms with E-state index in [0.717, 1.165) is 40.6 Å². The number of carbonyl (C=O) groups is 1. The van der Waals surface area contributed by atoms with E-state index in [1.165, 1.54) is 17.3 Å². The third-order valence-corrected chi connectivity index (χ3v) is 5.56. The molecule has 5 heteroatoms. The van der Waals surface area contributed by atoms with Crippen LogP contribution < -0.4 is 0 Å². The highest BCUT2D eigenvalue weighted by Gasteiger charge is 2.31. The lowest BCUT2D eigenvalue weighted by Gasteiger charge is -2.10. The van der Waals surface area contributed by atoms with Gasteiger partial charge in [0.1, 0.15) is 5.82 Å². The zero-order chi connectivity index (χ0) is 18.1. The molecule has 0 bridgehead atoms. The molecule has 1 heterocycles. The van der Waals surface area contributed by atoms with Crippen molar-refractivity contribution in [1.29, 1.82) is 0 Å². The molecule has 1 saturated carbocycles. The number of aryl methyl sites for hydroxylation is 2. The van der Waals surface area contributed by atoms with Gasteiger partial charge in [0.25, 0.3) is 0 Å². The predicted molar refractivity (Wildman–Crippen MR) is 104 cm³/mol. The average Bonchev–Trinajstić information content (AvgIpc) is 3.40. The molecule has 0 atom stereocenters. The fourth-order valence-corrected chi connectivity index (χ4v) is 3.98. The maximum atomic E-state index is 12.7. The van der Waals surface area contributed by atoms with Gasteiger partial charge in [-0.2, -0.15) is 0 Å². The Morgan fingerprint density at radius 2 is 1.88 bits per heavy atom. The molecule has 0 saturated heterocycles. The van der Waals surface area contributed by atoms with E-state index < -0.39 is 0 Å². The third-order valence-electron chi connectivity index (χ3n) is 4.63. The van der Waals surface area contributed by atoms with Gasteiger partial charge in [-0.1, -0.05) is 53.7 Å². The van der Waals surface area contributed by atoms with Gasteiger partial charge in [-0.25, -0.2) is 0 Å². The molecule has 1 aliphatic rings. The lowest BCUT2D eigenvalue weighted by atomic mass is 10.0. The summed E-state index contributed by atoms with van der Waals surface area (Å²) in [5, 5.41) is 9.58. The molecule has 0 aliphatic heterocycles. The van der Waals surface area contributed by atoms with E-state index in [-0.39, 0.29) is 5.78 Å². The summed E-state index contributed by atoms with van der Waals surface area (Å²) in [6, 6.07) is 16.1. The summed E-state index contributed by atoms with van der Waals surface area (Å²) >= 11 is 1.46. The highest BCUT2D eigenvalue weighted by Crippen LogP contribution is 2.41. The first kappa shape index (κ1) is 17.0. The van der Waals surface area contributed by atoms with Crippen LogP contribution in [0.4, 0.5) is 0 Å². The van der Waals surface area contributed by atoms with E-state index >= 15 is 0 Å². The molecule has 26 heavy (non-hydrogen) atoms. The summed E-state index contributed by atoms with van der Waals surface area (Å²) in [5.41, 5.74) is 4.04. The fourth-order valence-electron chi connectivity index (χ4n) is 3.13. The minimum absolute atomic E-state index is 0.128. The lowest BCUT2D eigenvalue weighted by Crippen LogP contribution is -2.07. The first-order valence-corrected chi connectivity index (χ1v) is 9.86. The van der Waals surface area contributed by atoms with Crippen molar-refractivity contribution in [3.05, 3.63) is 71.0 Å². The van der Waals surface area contributed by atoms with Crippen LogP contribution in [0.5, 0.6) is 0 Å². The van der Waals surface area contributed by atoms with Crippen molar-refractivity contribution in [3.8, 4) is 5.69 Å². The molecular formula is C21H21N3OS. The zero-order valence-electron chi connectivity index (χ0n) is 15.0. The van der Waals surface area contributed by atoms with Crippen molar-refractivity contribution >= 4 is 17.5 Å². The van der Waals surface area contributed by atoms with E-state index in [0.29, 0.717) is 11.7 Å². The summed E-state index contributed by atoms with van der Waals surface area (Å²) in [6.45, 7) is 4.03. The Kier molecular flexibility index (Phi) is 4.64. The average molecular weight is 363 g/mol. The number of aromatic nitrogens is 3. The second kappa shape index (κ2) is 7.08. The van der Waals surface area contributed by atoms with Crippen molar-refractivity contribution in [2.45, 2.75) is 37.8 Å². The molecule has 1 aromatic heterocycles. The number of hydrogen-bond acceptors (Lipinski definition) is 4. The van der Waals surface area contributed by atoms with Crippen LogP contribution in [0.3, 0.4) is 0 Å². The van der Waals surface area contributed by atoms with Crippen LogP contribution in [0.25, 0.3) is 5.69 Å². The summed E-state index contributed by atoms with van der Waals surface area (Å²) in [6.07, 6.45) is 2.33. The Balaban J connectivity index is 1.58. The van der Waals surface area contributed by atoms with Crippen LogP contribution in [0.1, 0.15) is 46.1 Å². The molecule has 0 unspecified atom stereocenters. The minimum Gasteiger partial charge on any atom is -0.293 e. The van der Waals surface area contributed by atoms with E-state index in [9.17, 15) is 4.79 Å². The standard InChI is InChI=1S/C21H21N3OS/c1-14-8-11-18(15(2)12-14)19(25)13-26-21-23-22-20(16-9-10-16)24(21)17-6-4-3-5-7-17/h3-8,11-12,16H,9-10,13H2,1-2H3. The largest absolute Gasteiger partial charge is 0.293 e. The number of hydrogen-bond donors (Lipinski definition) is 0. The number of para-hydroxylation sites is 1. The number of carbonyl (C=O) groups excluding carboxylic acids is 1. The second-order valence-electron chi connectivity index (χ2n) is 6.82. The van der Waals surface area contributed by atoms with Gasteiger partial charge in [0, 0.05) is 17.2 Å². The fraction of sp³-hybridized carbons (Fsp3) is 0.286. The van der Waals surface area contributed by atoms with E-state index in [2.05, 4.69) is 33.0 Å². The van der Waals surface area contributed by atoms with Gasteiger partial charge in [0.15, 0.2) is 10.9 Å². The molecule has 4 nitrogen and oxygen atoms in total. The molecule has 0 amide bonds. The van der Waals surface area contributed by atoms with Crippen LogP contribution >= 0.6 is 11.8 Å². The van der Waals surface area contributed by atoms with Gasteiger partial charge in [0.05, 0.1) is 5.75 Å². The molecule has 1 fully saturated rings. The van der Waals surface area contributed by atoms with Crippen LogP contribution in [-0.2, 0) is 0 Å².